The van der Waals surface area contributed by atoms with E-state index in [0.29, 0.717) is 41.3 Å². The van der Waals surface area contributed by atoms with E-state index in [1.807, 2.05) is 38.1 Å². The highest BCUT2D eigenvalue weighted by molar-refractivity contribution is 6.32. The third kappa shape index (κ3) is 3.82. The third-order valence-electron chi connectivity index (χ3n) is 5.45. The van der Waals surface area contributed by atoms with Crippen molar-refractivity contribution in [1.82, 2.24) is 4.90 Å². The fraction of sp³-hybridized carbons (Fsp3) is 0.333. The van der Waals surface area contributed by atoms with Crippen LogP contribution in [0.3, 0.4) is 0 Å². The zero-order valence-corrected chi connectivity index (χ0v) is 18.5. The smallest absolute Gasteiger partial charge is 0.290 e. The first-order valence-corrected chi connectivity index (χ1v) is 10.6. The van der Waals surface area contributed by atoms with E-state index < -0.39 is 6.04 Å². The molecule has 1 aliphatic rings. The minimum atomic E-state index is -0.571. The molecule has 162 valence electrons. The second-order valence-corrected chi connectivity index (χ2v) is 7.99. The fourth-order valence-corrected chi connectivity index (χ4v) is 4.04. The van der Waals surface area contributed by atoms with Gasteiger partial charge in [-0.2, -0.15) is 0 Å². The molecule has 4 rings (SSSR count). The molecule has 6 nitrogen and oxygen atoms in total. The van der Waals surface area contributed by atoms with E-state index in [1.165, 1.54) is 0 Å². The van der Waals surface area contributed by atoms with Crippen LogP contribution < -0.4 is 10.2 Å². The third-order valence-corrected chi connectivity index (χ3v) is 5.86. The first kappa shape index (κ1) is 21.4. The van der Waals surface area contributed by atoms with E-state index in [0.717, 1.165) is 23.3 Å². The molecule has 7 heteroatoms. The molecule has 0 spiro atoms. The molecule has 0 radical (unpaired) electrons. The Hall–Kier alpha value is -2.83. The summed E-state index contributed by atoms with van der Waals surface area (Å²) in [6.45, 7) is 5.16. The maximum Gasteiger partial charge on any atom is 0.290 e. The molecule has 0 bridgehead atoms. The van der Waals surface area contributed by atoms with Crippen molar-refractivity contribution in [3.63, 3.8) is 0 Å². The Morgan fingerprint density at radius 1 is 1.13 bits per heavy atom. The van der Waals surface area contributed by atoms with Gasteiger partial charge in [0.15, 0.2) is 5.43 Å². The van der Waals surface area contributed by atoms with Gasteiger partial charge in [-0.15, -0.1) is 0 Å². The van der Waals surface area contributed by atoms with Crippen molar-refractivity contribution in [2.75, 3.05) is 26.9 Å². The summed E-state index contributed by atoms with van der Waals surface area (Å²) in [5, 5.41) is 0.845. The molecule has 3 aromatic rings. The highest BCUT2D eigenvalue weighted by Gasteiger charge is 2.42. The standard InChI is InChI=1S/C24H24ClNO5/c1-4-10-30-16-7-5-15(6-8-16)21-20-22(27)17-13-18(25)14(2)12-19(17)31-23(20)24(28)26(21)9-11-29-3/h5-8,12-13,21H,4,9-11H2,1-3H3. The van der Waals surface area contributed by atoms with Gasteiger partial charge in [-0.1, -0.05) is 30.7 Å². The van der Waals surface area contributed by atoms with Crippen LogP contribution in [-0.4, -0.2) is 37.7 Å². The van der Waals surface area contributed by atoms with E-state index in [9.17, 15) is 9.59 Å². The van der Waals surface area contributed by atoms with Crippen LogP contribution in [0.15, 0.2) is 45.6 Å². The summed E-state index contributed by atoms with van der Waals surface area (Å²) in [6, 6.07) is 10.2. The van der Waals surface area contributed by atoms with Crippen LogP contribution >= 0.6 is 11.6 Å². The lowest BCUT2D eigenvalue weighted by Gasteiger charge is -2.25. The van der Waals surface area contributed by atoms with Gasteiger partial charge in [-0.25, -0.2) is 0 Å². The monoisotopic (exact) mass is 441 g/mol. The van der Waals surface area contributed by atoms with Crippen LogP contribution in [-0.2, 0) is 4.74 Å². The molecule has 0 aliphatic carbocycles. The second-order valence-electron chi connectivity index (χ2n) is 7.58. The van der Waals surface area contributed by atoms with E-state index in [4.69, 9.17) is 25.5 Å². The van der Waals surface area contributed by atoms with Gasteiger partial charge < -0.3 is 18.8 Å². The number of carbonyl (C=O) groups excluding carboxylic acids is 1. The number of carbonyl (C=O) groups is 1. The predicted molar refractivity (Wildman–Crippen MR) is 119 cm³/mol. The van der Waals surface area contributed by atoms with Crippen molar-refractivity contribution >= 4 is 28.5 Å². The highest BCUT2D eigenvalue weighted by atomic mass is 35.5. The van der Waals surface area contributed by atoms with Crippen LogP contribution in [0.1, 0.15) is 46.6 Å². The Morgan fingerprint density at radius 2 is 1.87 bits per heavy atom. The first-order valence-electron chi connectivity index (χ1n) is 10.3. The average molecular weight is 442 g/mol. The molecule has 0 saturated heterocycles. The molecule has 1 aliphatic heterocycles. The van der Waals surface area contributed by atoms with Crippen LogP contribution in [0.4, 0.5) is 0 Å². The van der Waals surface area contributed by atoms with Crippen LogP contribution in [0.5, 0.6) is 5.75 Å². The molecule has 1 atom stereocenters. The zero-order valence-electron chi connectivity index (χ0n) is 17.7. The number of fused-ring (bicyclic) bond motifs is 2. The van der Waals surface area contributed by atoms with Crippen molar-refractivity contribution in [3.8, 4) is 5.75 Å². The first-order chi connectivity index (χ1) is 15.0. The number of ether oxygens (including phenoxy) is 2. The number of nitrogens with zero attached hydrogens (tertiary/aromatic N) is 1. The average Bonchev–Trinajstić information content (AvgIpc) is 3.04. The molecule has 0 fully saturated rings. The highest BCUT2D eigenvalue weighted by Crippen LogP contribution is 2.39. The Bertz CT molecular complexity index is 1190. The Kier molecular flexibility index (Phi) is 6.03. The number of amides is 1. The maximum absolute atomic E-state index is 13.5. The van der Waals surface area contributed by atoms with E-state index in [1.54, 1.807) is 24.1 Å². The molecule has 0 N–H and O–H groups in total. The van der Waals surface area contributed by atoms with Gasteiger partial charge in [0.1, 0.15) is 11.3 Å². The molecule has 0 saturated carbocycles. The molecule has 1 amide bonds. The molecule has 2 aromatic carbocycles. The maximum atomic E-state index is 13.5. The van der Waals surface area contributed by atoms with Crippen molar-refractivity contribution in [3.05, 3.63) is 74.1 Å². The van der Waals surface area contributed by atoms with Crippen LogP contribution in [0.2, 0.25) is 5.02 Å². The molecular formula is C24H24ClNO5. The lowest BCUT2D eigenvalue weighted by Crippen LogP contribution is -2.32. The fourth-order valence-electron chi connectivity index (χ4n) is 3.87. The van der Waals surface area contributed by atoms with E-state index >= 15 is 0 Å². The van der Waals surface area contributed by atoms with Crippen molar-refractivity contribution < 1.29 is 18.7 Å². The van der Waals surface area contributed by atoms with Crippen LogP contribution in [0, 0.1) is 6.92 Å². The second kappa shape index (κ2) is 8.73. The van der Waals surface area contributed by atoms with Gasteiger partial charge in [-0.05, 0) is 48.7 Å². The van der Waals surface area contributed by atoms with E-state index in [2.05, 4.69) is 0 Å². The summed E-state index contributed by atoms with van der Waals surface area (Å²) in [7, 11) is 1.57. The molecular weight excluding hydrogens is 418 g/mol. The van der Waals surface area contributed by atoms with Gasteiger partial charge in [0, 0.05) is 18.7 Å². The summed E-state index contributed by atoms with van der Waals surface area (Å²) in [4.78, 5) is 28.3. The van der Waals surface area contributed by atoms with Gasteiger partial charge >= 0.3 is 0 Å². The summed E-state index contributed by atoms with van der Waals surface area (Å²) in [6.07, 6.45) is 0.910. The number of aryl methyl sites for hydroxylation is 1. The van der Waals surface area contributed by atoms with Gasteiger partial charge in [-0.3, -0.25) is 9.59 Å². The lowest BCUT2D eigenvalue weighted by atomic mass is 9.98. The number of hydrogen-bond donors (Lipinski definition) is 0. The zero-order chi connectivity index (χ0) is 22.1. The van der Waals surface area contributed by atoms with Crippen LogP contribution in [0.25, 0.3) is 11.0 Å². The van der Waals surface area contributed by atoms with Crippen molar-refractivity contribution in [2.45, 2.75) is 26.3 Å². The van der Waals surface area contributed by atoms with Crippen molar-refractivity contribution in [2.24, 2.45) is 0 Å². The summed E-state index contributed by atoms with van der Waals surface area (Å²) in [5.41, 5.74) is 2.02. The molecule has 1 unspecified atom stereocenters. The number of rotatable bonds is 7. The predicted octanol–water partition coefficient (Wildman–Crippen LogP) is 4.74. The van der Waals surface area contributed by atoms with Gasteiger partial charge in [0.25, 0.3) is 5.91 Å². The summed E-state index contributed by atoms with van der Waals surface area (Å²) >= 11 is 6.26. The SMILES string of the molecule is CCCOc1ccc(C2c3c(oc4cc(C)c(Cl)cc4c3=O)C(=O)N2CCOC)cc1. The number of hydrogen-bond acceptors (Lipinski definition) is 5. The Balaban J connectivity index is 1.87. The number of methoxy groups -OCH3 is 1. The van der Waals surface area contributed by atoms with E-state index in [-0.39, 0.29) is 17.1 Å². The van der Waals surface area contributed by atoms with Gasteiger partial charge in [0.2, 0.25) is 5.76 Å². The Labute approximate surface area is 185 Å². The quantitative estimate of drug-likeness (QED) is 0.530. The summed E-state index contributed by atoms with van der Waals surface area (Å²) in [5.74, 6) is 0.494. The molecule has 1 aromatic heterocycles. The lowest BCUT2D eigenvalue weighted by molar-refractivity contribution is 0.0663. The molecule has 31 heavy (non-hydrogen) atoms. The minimum absolute atomic E-state index is 0.0756. The summed E-state index contributed by atoms with van der Waals surface area (Å²) < 4.78 is 16.8. The number of halogens is 1. The molecule has 2 heterocycles. The Morgan fingerprint density at radius 3 is 2.55 bits per heavy atom. The van der Waals surface area contributed by atoms with Gasteiger partial charge in [0.05, 0.1) is 30.2 Å². The number of benzene rings is 2. The largest absolute Gasteiger partial charge is 0.494 e. The topological polar surface area (TPSA) is 69.0 Å². The van der Waals surface area contributed by atoms with Crippen molar-refractivity contribution in [1.29, 1.82) is 0 Å². The normalized spacial score (nSPS) is 15.5. The minimum Gasteiger partial charge on any atom is -0.494 e.